The van der Waals surface area contributed by atoms with Crippen molar-refractivity contribution in [2.45, 2.75) is 31.8 Å². The third kappa shape index (κ3) is 4.31. The highest BCUT2D eigenvalue weighted by Crippen LogP contribution is 2.37. The van der Waals surface area contributed by atoms with Gasteiger partial charge in [-0.1, -0.05) is 12.1 Å². The number of amides is 2. The molecule has 0 bridgehead atoms. The van der Waals surface area contributed by atoms with Crippen LogP contribution in [0.4, 0.5) is 11.5 Å². The number of rotatable bonds is 6. The number of piperidine rings is 1. The largest absolute Gasteiger partial charge is 0.463 e. The van der Waals surface area contributed by atoms with Gasteiger partial charge in [-0.2, -0.15) is 0 Å². The van der Waals surface area contributed by atoms with Crippen molar-refractivity contribution in [3.63, 3.8) is 0 Å². The average molecular weight is 550 g/mol. The Labute approximate surface area is 237 Å². The number of carbonyl (C=O) groups excluding carboxylic acids is 2. The SMILES string of the molecule is CN(C)Cc1nc(Nc2ccc(-c3cnc4ccc5occc5n34)c3c2C(=O)NC3)ccc1C1CCN(C)C(=O)C1. The van der Waals surface area contributed by atoms with Crippen LogP contribution >= 0.6 is 0 Å². The number of aromatic nitrogens is 3. The Morgan fingerprint density at radius 1 is 1.12 bits per heavy atom. The second kappa shape index (κ2) is 9.74. The number of nitrogens with one attached hydrogen (secondary N) is 2. The lowest BCUT2D eigenvalue weighted by molar-refractivity contribution is -0.132. The molecule has 41 heavy (non-hydrogen) atoms. The lowest BCUT2D eigenvalue weighted by Gasteiger charge is -2.30. The zero-order chi connectivity index (χ0) is 28.2. The maximum absolute atomic E-state index is 13.1. The van der Waals surface area contributed by atoms with Crippen LogP contribution in [-0.4, -0.2) is 63.7 Å². The maximum atomic E-state index is 13.1. The van der Waals surface area contributed by atoms with Crippen LogP contribution in [0.5, 0.6) is 0 Å². The Morgan fingerprint density at radius 3 is 2.83 bits per heavy atom. The fourth-order valence-corrected chi connectivity index (χ4v) is 6.12. The minimum atomic E-state index is -0.124. The van der Waals surface area contributed by atoms with E-state index in [0.717, 1.165) is 57.8 Å². The Hall–Kier alpha value is -4.70. The van der Waals surface area contributed by atoms with Crippen molar-refractivity contribution in [1.82, 2.24) is 29.5 Å². The van der Waals surface area contributed by atoms with E-state index in [9.17, 15) is 9.59 Å². The van der Waals surface area contributed by atoms with Crippen molar-refractivity contribution in [2.24, 2.45) is 0 Å². The van der Waals surface area contributed by atoms with Crippen LogP contribution in [0.1, 0.15) is 45.9 Å². The number of furan rings is 1. The number of anilines is 2. The minimum absolute atomic E-state index is 0.124. The molecule has 0 aliphatic carbocycles. The van der Waals surface area contributed by atoms with Gasteiger partial charge < -0.3 is 24.9 Å². The quantitative estimate of drug-likeness (QED) is 0.321. The third-order valence-electron chi connectivity index (χ3n) is 8.17. The molecule has 208 valence electrons. The fraction of sp³-hybridized carbons (Fsp3) is 0.290. The van der Waals surface area contributed by atoms with E-state index in [1.165, 1.54) is 0 Å². The predicted octanol–water partition coefficient (Wildman–Crippen LogP) is 4.53. The van der Waals surface area contributed by atoms with Crippen LogP contribution in [0.3, 0.4) is 0 Å². The summed E-state index contributed by atoms with van der Waals surface area (Å²) in [6, 6.07) is 13.8. The van der Waals surface area contributed by atoms with Crippen molar-refractivity contribution in [3.05, 3.63) is 77.3 Å². The topological polar surface area (TPSA) is 108 Å². The zero-order valence-electron chi connectivity index (χ0n) is 23.3. The summed E-state index contributed by atoms with van der Waals surface area (Å²) in [7, 11) is 5.88. The van der Waals surface area contributed by atoms with Gasteiger partial charge in [0.2, 0.25) is 5.91 Å². The van der Waals surface area contributed by atoms with Crippen molar-refractivity contribution in [3.8, 4) is 11.3 Å². The molecule has 6 heterocycles. The fourth-order valence-electron chi connectivity index (χ4n) is 6.12. The molecule has 1 atom stereocenters. The van der Waals surface area contributed by atoms with Crippen molar-refractivity contribution < 1.29 is 14.0 Å². The maximum Gasteiger partial charge on any atom is 0.254 e. The first kappa shape index (κ1) is 25.3. The molecule has 10 nitrogen and oxygen atoms in total. The van der Waals surface area contributed by atoms with Crippen LogP contribution in [0, 0.1) is 0 Å². The molecule has 2 aliphatic rings. The number of pyridine rings is 2. The molecule has 1 aromatic carbocycles. The highest BCUT2D eigenvalue weighted by Gasteiger charge is 2.29. The first-order valence-corrected chi connectivity index (χ1v) is 13.8. The molecule has 1 unspecified atom stereocenters. The van der Waals surface area contributed by atoms with E-state index in [2.05, 4.69) is 31.0 Å². The molecular formula is C31H31N7O3. The van der Waals surface area contributed by atoms with Gasteiger partial charge in [0.25, 0.3) is 5.91 Å². The van der Waals surface area contributed by atoms with Gasteiger partial charge in [0.05, 0.1) is 40.6 Å². The van der Waals surface area contributed by atoms with Gasteiger partial charge in [-0.05, 0) is 61.8 Å². The van der Waals surface area contributed by atoms with Crippen LogP contribution in [0.2, 0.25) is 0 Å². The second-order valence-electron chi connectivity index (χ2n) is 11.1. The van der Waals surface area contributed by atoms with Crippen molar-refractivity contribution >= 4 is 40.1 Å². The number of hydrogen-bond donors (Lipinski definition) is 2. The lowest BCUT2D eigenvalue weighted by atomic mass is 9.88. The molecule has 1 saturated heterocycles. The zero-order valence-corrected chi connectivity index (χ0v) is 23.3. The average Bonchev–Trinajstić information content (AvgIpc) is 3.69. The molecule has 7 rings (SSSR count). The highest BCUT2D eigenvalue weighted by atomic mass is 16.3. The Morgan fingerprint density at radius 2 is 2.00 bits per heavy atom. The first-order valence-electron chi connectivity index (χ1n) is 13.8. The van der Waals surface area contributed by atoms with E-state index in [-0.39, 0.29) is 17.7 Å². The monoisotopic (exact) mass is 549 g/mol. The third-order valence-corrected chi connectivity index (χ3v) is 8.17. The number of benzene rings is 1. The molecule has 4 aromatic heterocycles. The van der Waals surface area contributed by atoms with E-state index in [0.29, 0.717) is 36.6 Å². The summed E-state index contributed by atoms with van der Waals surface area (Å²) in [4.78, 5) is 39.0. The molecular weight excluding hydrogens is 518 g/mol. The van der Waals surface area contributed by atoms with Crippen molar-refractivity contribution in [2.75, 3.05) is 33.0 Å². The Bertz CT molecular complexity index is 1840. The van der Waals surface area contributed by atoms with E-state index in [1.54, 1.807) is 11.2 Å². The normalized spacial score (nSPS) is 17.1. The smallest absolute Gasteiger partial charge is 0.254 e. The summed E-state index contributed by atoms with van der Waals surface area (Å²) < 4.78 is 7.68. The van der Waals surface area contributed by atoms with Crippen LogP contribution < -0.4 is 10.6 Å². The summed E-state index contributed by atoms with van der Waals surface area (Å²) in [6.07, 6.45) is 4.92. The second-order valence-corrected chi connectivity index (χ2v) is 11.1. The van der Waals surface area contributed by atoms with Crippen LogP contribution in [0.15, 0.2) is 59.3 Å². The van der Waals surface area contributed by atoms with Crippen LogP contribution in [-0.2, 0) is 17.9 Å². The molecule has 2 N–H and O–H groups in total. The van der Waals surface area contributed by atoms with Gasteiger partial charge in [-0.25, -0.2) is 9.97 Å². The molecule has 0 saturated carbocycles. The van der Waals surface area contributed by atoms with Gasteiger partial charge in [0.1, 0.15) is 11.5 Å². The first-order chi connectivity index (χ1) is 19.9. The van der Waals surface area contributed by atoms with E-state index in [4.69, 9.17) is 9.40 Å². The Balaban J connectivity index is 1.26. The standard InChI is InChI=1S/C31H31N7O3/c1-36(2)17-23-19(18-10-12-37(3)29(39)14-18)5-8-27(35-23)34-22-6-4-20(21-15-33-31(40)30(21)22)25-16-32-28-9-7-26-24(38(25)28)11-13-41-26/h4-9,11,13,16,18H,10,12,14-15,17H2,1-3H3,(H,33,40)(H,34,35). The molecule has 0 radical (unpaired) electrons. The van der Waals surface area contributed by atoms with E-state index >= 15 is 0 Å². The van der Waals surface area contributed by atoms with E-state index in [1.807, 2.05) is 63.7 Å². The van der Waals surface area contributed by atoms with Gasteiger partial charge in [0.15, 0.2) is 5.58 Å². The number of hydrogen-bond acceptors (Lipinski definition) is 7. The number of likely N-dealkylation sites (tertiary alicyclic amines) is 1. The summed E-state index contributed by atoms with van der Waals surface area (Å²) >= 11 is 0. The molecule has 2 amide bonds. The molecule has 10 heteroatoms. The summed E-state index contributed by atoms with van der Waals surface area (Å²) in [5, 5.41) is 6.43. The number of carbonyl (C=O) groups is 2. The summed E-state index contributed by atoms with van der Waals surface area (Å²) in [5.41, 5.74) is 8.62. The molecule has 2 aliphatic heterocycles. The predicted molar refractivity (Wildman–Crippen MR) is 156 cm³/mol. The van der Waals surface area contributed by atoms with Gasteiger partial charge >= 0.3 is 0 Å². The number of fused-ring (bicyclic) bond motifs is 4. The van der Waals surface area contributed by atoms with E-state index < -0.39 is 0 Å². The van der Waals surface area contributed by atoms with Gasteiger partial charge in [-0.3, -0.25) is 14.0 Å². The number of nitrogens with zero attached hydrogens (tertiary/aromatic N) is 5. The lowest BCUT2D eigenvalue weighted by Crippen LogP contribution is -2.35. The van der Waals surface area contributed by atoms with Crippen molar-refractivity contribution in [1.29, 1.82) is 0 Å². The van der Waals surface area contributed by atoms with Crippen LogP contribution in [0.25, 0.3) is 28.0 Å². The molecule has 1 fully saturated rings. The highest BCUT2D eigenvalue weighted by molar-refractivity contribution is 6.06. The number of imidazole rings is 1. The molecule has 5 aromatic rings. The molecule has 0 spiro atoms. The van der Waals surface area contributed by atoms with Gasteiger partial charge in [0, 0.05) is 44.7 Å². The summed E-state index contributed by atoms with van der Waals surface area (Å²) in [5.74, 6) is 0.855. The minimum Gasteiger partial charge on any atom is -0.463 e. The Kier molecular flexibility index (Phi) is 6.01. The van der Waals surface area contributed by atoms with Gasteiger partial charge in [-0.15, -0.1) is 0 Å². The summed E-state index contributed by atoms with van der Waals surface area (Å²) in [6.45, 7) is 1.83.